The number of hydrogen-bond donors (Lipinski definition) is 3. The molecule has 3 aromatic rings. The molecule has 3 amide bonds. The molecule has 2 atom stereocenters. The van der Waals surface area contributed by atoms with Gasteiger partial charge in [0.05, 0.1) is 37.5 Å². The van der Waals surface area contributed by atoms with Crippen LogP contribution >= 0.6 is 0 Å². The maximum Gasteiger partial charge on any atom is 0.411 e. The molecule has 0 aliphatic carbocycles. The number of fused-ring (bicyclic) bond motifs is 1. The Kier molecular flexibility index (Phi) is 9.66. The highest BCUT2D eigenvalue weighted by molar-refractivity contribution is 7.92. The van der Waals surface area contributed by atoms with Crippen LogP contribution in [0.25, 0.3) is 0 Å². The van der Waals surface area contributed by atoms with Crippen molar-refractivity contribution in [1.82, 2.24) is 10.2 Å². The molecule has 2 unspecified atom stereocenters. The topological polar surface area (TPSA) is 152 Å². The summed E-state index contributed by atoms with van der Waals surface area (Å²) in [4.78, 5) is 41.1. The van der Waals surface area contributed by atoms with E-state index in [1.807, 2.05) is 13.0 Å². The molecular weight excluding hydrogens is 624 g/mol. The zero-order chi connectivity index (χ0) is 34.0. The lowest BCUT2D eigenvalue weighted by atomic mass is 9.99. The van der Waals surface area contributed by atoms with Crippen LogP contribution in [0.1, 0.15) is 71.4 Å². The Morgan fingerprint density at radius 3 is 2.40 bits per heavy atom. The fourth-order valence-electron chi connectivity index (χ4n) is 6.18. The summed E-state index contributed by atoms with van der Waals surface area (Å²) < 4.78 is 42.9. The molecule has 2 heterocycles. The third-order valence-electron chi connectivity index (χ3n) is 8.71. The smallest absolute Gasteiger partial charge is 0.411 e. The summed E-state index contributed by atoms with van der Waals surface area (Å²) in [7, 11) is 0.509. The number of carbonyl (C=O) groups excluding carboxylic acids is 3. The fraction of sp³-hybridized carbons (Fsp3) is 0.382. The summed E-state index contributed by atoms with van der Waals surface area (Å²) >= 11 is 0. The molecule has 3 aromatic carbocycles. The Labute approximate surface area is 274 Å². The second kappa shape index (κ2) is 13.5. The number of likely N-dealkylation sites (tertiary alicyclic amines) is 1. The fourth-order valence-corrected chi connectivity index (χ4v) is 7.47. The number of ether oxygens (including phenoxy) is 3. The first-order chi connectivity index (χ1) is 22.4. The summed E-state index contributed by atoms with van der Waals surface area (Å²) in [6.45, 7) is 5.94. The van der Waals surface area contributed by atoms with Gasteiger partial charge < -0.3 is 29.7 Å². The largest absolute Gasteiger partial charge is 0.493 e. The summed E-state index contributed by atoms with van der Waals surface area (Å²) in [6, 6.07) is 11.9. The first-order valence-electron chi connectivity index (χ1n) is 15.3. The minimum Gasteiger partial charge on any atom is -0.493 e. The quantitative estimate of drug-likeness (QED) is 0.268. The van der Waals surface area contributed by atoms with E-state index in [2.05, 4.69) is 16.0 Å². The molecule has 0 radical (unpaired) electrons. The van der Waals surface area contributed by atoms with Gasteiger partial charge in [0.1, 0.15) is 6.04 Å². The number of sulfone groups is 1. The van der Waals surface area contributed by atoms with Crippen LogP contribution in [-0.2, 0) is 25.9 Å². The van der Waals surface area contributed by atoms with Gasteiger partial charge in [0.25, 0.3) is 5.91 Å². The Balaban J connectivity index is 1.60. The van der Waals surface area contributed by atoms with E-state index in [0.717, 1.165) is 11.1 Å². The second-order valence-corrected chi connectivity index (χ2v) is 14.3. The van der Waals surface area contributed by atoms with Crippen molar-refractivity contribution in [3.05, 3.63) is 76.3 Å². The van der Waals surface area contributed by atoms with E-state index in [-0.39, 0.29) is 16.7 Å². The van der Waals surface area contributed by atoms with Crippen LogP contribution in [0.5, 0.6) is 11.5 Å². The molecule has 12 nitrogen and oxygen atoms in total. The predicted molar refractivity (Wildman–Crippen MR) is 177 cm³/mol. The normalized spacial score (nSPS) is 16.4. The molecule has 1 fully saturated rings. The van der Waals surface area contributed by atoms with Crippen molar-refractivity contribution in [2.24, 2.45) is 0 Å². The molecule has 3 N–H and O–H groups in total. The first kappa shape index (κ1) is 33.6. The molecule has 2 aliphatic heterocycles. The molecule has 1 saturated heterocycles. The zero-order valence-electron chi connectivity index (χ0n) is 27.3. The van der Waals surface area contributed by atoms with Crippen molar-refractivity contribution in [3.8, 4) is 11.5 Å². The number of nitrogens with one attached hydrogen (secondary N) is 3. The van der Waals surface area contributed by atoms with Crippen LogP contribution < -0.4 is 25.4 Å². The maximum absolute atomic E-state index is 14.7. The van der Waals surface area contributed by atoms with Gasteiger partial charge in [-0.1, -0.05) is 6.07 Å². The minimum absolute atomic E-state index is 0.100. The van der Waals surface area contributed by atoms with Crippen LogP contribution in [0, 0.1) is 6.92 Å². The van der Waals surface area contributed by atoms with E-state index in [9.17, 15) is 22.8 Å². The lowest BCUT2D eigenvalue weighted by molar-refractivity contribution is -0.133. The van der Waals surface area contributed by atoms with Gasteiger partial charge in [0.15, 0.2) is 21.3 Å². The Hall–Kier alpha value is -4.78. The second-order valence-electron chi connectivity index (χ2n) is 11.8. The van der Waals surface area contributed by atoms with Crippen LogP contribution in [0.3, 0.4) is 0 Å². The number of amides is 3. The van der Waals surface area contributed by atoms with Gasteiger partial charge in [-0.3, -0.25) is 14.9 Å². The number of benzene rings is 3. The van der Waals surface area contributed by atoms with Crippen molar-refractivity contribution in [2.75, 3.05) is 38.5 Å². The molecule has 0 saturated carbocycles. The number of methoxy groups -OCH3 is 3. The Morgan fingerprint density at radius 1 is 0.979 bits per heavy atom. The van der Waals surface area contributed by atoms with Crippen molar-refractivity contribution in [2.45, 2.75) is 62.4 Å². The summed E-state index contributed by atoms with van der Waals surface area (Å²) in [5.74, 6) is 0.435. The number of carbonyl (C=O) groups is 3. The highest BCUT2D eigenvalue weighted by Gasteiger charge is 2.38. The van der Waals surface area contributed by atoms with Crippen LogP contribution in [0.4, 0.5) is 16.2 Å². The third kappa shape index (κ3) is 6.57. The molecule has 13 heteroatoms. The van der Waals surface area contributed by atoms with Gasteiger partial charge in [0, 0.05) is 30.0 Å². The maximum atomic E-state index is 14.7. The van der Waals surface area contributed by atoms with E-state index >= 15 is 0 Å². The summed E-state index contributed by atoms with van der Waals surface area (Å²) in [6.07, 6.45) is 0.430. The monoisotopic (exact) mass is 664 g/mol. The molecule has 5 rings (SSSR count). The number of hydrogen-bond acceptors (Lipinski definition) is 9. The van der Waals surface area contributed by atoms with Crippen molar-refractivity contribution in [1.29, 1.82) is 0 Å². The molecule has 0 bridgehead atoms. The Bertz CT molecular complexity index is 1820. The van der Waals surface area contributed by atoms with E-state index in [4.69, 9.17) is 14.2 Å². The minimum atomic E-state index is -3.76. The highest BCUT2D eigenvalue weighted by Crippen LogP contribution is 2.41. The summed E-state index contributed by atoms with van der Waals surface area (Å²) in [5, 5.41) is 8.12. The van der Waals surface area contributed by atoms with Gasteiger partial charge in [-0.25, -0.2) is 13.2 Å². The predicted octanol–water partition coefficient (Wildman–Crippen LogP) is 5.13. The summed E-state index contributed by atoms with van der Waals surface area (Å²) in [5.41, 5.74) is 4.27. The van der Waals surface area contributed by atoms with Gasteiger partial charge >= 0.3 is 6.09 Å². The zero-order valence-corrected chi connectivity index (χ0v) is 28.1. The van der Waals surface area contributed by atoms with Crippen LogP contribution in [-0.4, -0.2) is 64.3 Å². The van der Waals surface area contributed by atoms with E-state index in [0.29, 0.717) is 65.5 Å². The standard InChI is InChI=1S/C34H40N4O8S/c1-19(2)47(42,43)30-12-10-22(37-34(41)46-6)16-25(30)27-8-7-13-38(27)33(40)31(21-9-11-28(44-4)29(15-21)45-5)36-23-14-20(3)26-18-35-32(39)24(26)17-23/h9-12,14-17,19,27,31,36H,7-8,13,18H2,1-6H3,(H,35,39)(H,37,41). The number of rotatable bonds is 10. The molecule has 2 aliphatic rings. The van der Waals surface area contributed by atoms with E-state index < -0.39 is 33.3 Å². The molecule has 250 valence electrons. The molecule has 0 aromatic heterocycles. The van der Waals surface area contributed by atoms with Crippen molar-refractivity contribution < 1.29 is 37.0 Å². The highest BCUT2D eigenvalue weighted by atomic mass is 32.2. The number of nitrogens with zero attached hydrogens (tertiary/aromatic N) is 1. The molecule has 47 heavy (non-hydrogen) atoms. The van der Waals surface area contributed by atoms with Gasteiger partial charge in [-0.05, 0) is 98.3 Å². The molecule has 0 spiro atoms. The van der Waals surface area contributed by atoms with Gasteiger partial charge in [-0.2, -0.15) is 0 Å². The van der Waals surface area contributed by atoms with Gasteiger partial charge in [0.2, 0.25) is 5.91 Å². The van der Waals surface area contributed by atoms with Crippen molar-refractivity contribution >= 4 is 39.1 Å². The van der Waals surface area contributed by atoms with Crippen LogP contribution in [0.15, 0.2) is 53.4 Å². The van der Waals surface area contributed by atoms with E-state index in [1.54, 1.807) is 49.1 Å². The van der Waals surface area contributed by atoms with Crippen molar-refractivity contribution in [3.63, 3.8) is 0 Å². The van der Waals surface area contributed by atoms with Crippen LogP contribution in [0.2, 0.25) is 0 Å². The lowest BCUT2D eigenvalue weighted by Crippen LogP contribution is -2.38. The Morgan fingerprint density at radius 2 is 1.72 bits per heavy atom. The molecular formula is C34H40N4O8S. The number of aryl methyl sites for hydroxylation is 1. The average Bonchev–Trinajstić information content (AvgIpc) is 3.70. The first-order valence-corrected chi connectivity index (χ1v) is 16.9. The van der Waals surface area contributed by atoms with Gasteiger partial charge in [-0.15, -0.1) is 0 Å². The van der Waals surface area contributed by atoms with E-state index in [1.165, 1.54) is 33.5 Å². The third-order valence-corrected chi connectivity index (χ3v) is 10.9. The average molecular weight is 665 g/mol. The number of anilines is 2. The lowest BCUT2D eigenvalue weighted by Gasteiger charge is -2.32. The SMILES string of the molecule is COC(=O)Nc1ccc(S(=O)(=O)C(C)C)c(C2CCCN2C(=O)C(Nc2cc(C)c3c(c2)C(=O)NC3)c2ccc(OC)c(OC)c2)c1.